The van der Waals surface area contributed by atoms with Gasteiger partial charge in [0, 0.05) is 61.3 Å². The molecule has 1 aliphatic heterocycles. The number of carbonyl (C=O) groups excluding carboxylic acids is 1. The van der Waals surface area contributed by atoms with Crippen molar-refractivity contribution in [1.82, 2.24) is 15.2 Å². The topological polar surface area (TPSA) is 76.2 Å². The van der Waals surface area contributed by atoms with Crippen LogP contribution in [0.5, 0.6) is 17.2 Å². The molecule has 3 aromatic carbocycles. The fourth-order valence-corrected chi connectivity index (χ4v) is 5.64. The molecule has 0 saturated carbocycles. The van der Waals surface area contributed by atoms with Crippen molar-refractivity contribution in [3.05, 3.63) is 88.8 Å². The van der Waals surface area contributed by atoms with Crippen molar-refractivity contribution < 1.29 is 19.0 Å². The van der Waals surface area contributed by atoms with Crippen molar-refractivity contribution in [2.75, 3.05) is 52.4 Å². The molecule has 4 aromatic rings. The molecule has 2 heterocycles. The van der Waals surface area contributed by atoms with Crippen molar-refractivity contribution in [3.8, 4) is 28.5 Å². The van der Waals surface area contributed by atoms with Crippen LogP contribution in [0.3, 0.4) is 0 Å². The monoisotopic (exact) mass is 558 g/mol. The Morgan fingerprint density at radius 2 is 1.68 bits per heavy atom. The molecule has 9 heteroatoms. The second-order valence-corrected chi connectivity index (χ2v) is 10.3. The van der Waals surface area contributed by atoms with Gasteiger partial charge in [-0.2, -0.15) is 0 Å². The van der Waals surface area contributed by atoms with E-state index < -0.39 is 0 Å². The number of piperazine rings is 1. The average molecular weight is 559 g/mol. The summed E-state index contributed by atoms with van der Waals surface area (Å²) in [5.74, 6) is 2.28. The van der Waals surface area contributed by atoms with Crippen molar-refractivity contribution in [2.24, 2.45) is 0 Å². The first kappa shape index (κ1) is 27.5. The van der Waals surface area contributed by atoms with Crippen molar-refractivity contribution in [1.29, 1.82) is 0 Å². The van der Waals surface area contributed by atoms with E-state index in [0.717, 1.165) is 59.4 Å². The molecule has 8 nitrogen and oxygen atoms in total. The third-order valence-electron chi connectivity index (χ3n) is 6.97. The van der Waals surface area contributed by atoms with Crippen LogP contribution in [0.15, 0.2) is 72.1 Å². The van der Waals surface area contributed by atoms with E-state index in [1.807, 2.05) is 71.6 Å². The molecule has 0 spiro atoms. The number of methoxy groups -OCH3 is 3. The molecule has 0 radical (unpaired) electrons. The molecule has 1 N–H and O–H groups in total. The van der Waals surface area contributed by atoms with Gasteiger partial charge < -0.3 is 29.3 Å². The Kier molecular flexibility index (Phi) is 8.83. The molecular formula is C31H34N4O4S. The van der Waals surface area contributed by atoms with E-state index in [9.17, 15) is 4.79 Å². The summed E-state index contributed by atoms with van der Waals surface area (Å²) >= 11 is 1.60. The predicted octanol–water partition coefficient (Wildman–Crippen LogP) is 5.09. The highest BCUT2D eigenvalue weighted by atomic mass is 32.1. The molecule has 1 aliphatic rings. The molecule has 1 aromatic heterocycles. The minimum atomic E-state index is 0.0788. The molecule has 5 rings (SSSR count). The zero-order valence-corrected chi connectivity index (χ0v) is 23.9. The van der Waals surface area contributed by atoms with E-state index in [1.165, 1.54) is 0 Å². The molecule has 0 unspecified atom stereocenters. The second-order valence-electron chi connectivity index (χ2n) is 9.49. The number of nitrogens with one attached hydrogen (secondary N) is 1. The molecule has 1 amide bonds. The predicted molar refractivity (Wildman–Crippen MR) is 159 cm³/mol. The highest BCUT2D eigenvalue weighted by Crippen LogP contribution is 2.35. The quantitative estimate of drug-likeness (QED) is 0.291. The summed E-state index contributed by atoms with van der Waals surface area (Å²) in [5.41, 5.74) is 4.72. The molecule has 0 atom stereocenters. The standard InChI is InChI=1S/C31H34N4O4S/c1-37-26-13-11-23(12-14-26)27-21-40-31(33-27)35(20-25-5-4-6-28(38-2)29(25)39-3)19-22-7-9-24(10-8-22)30(36)34-17-15-32-16-18-34/h4-14,21,32H,15-20H2,1-3H3. The Balaban J connectivity index is 1.42. The van der Waals surface area contributed by atoms with E-state index in [-0.39, 0.29) is 5.91 Å². The average Bonchev–Trinajstić information content (AvgIpc) is 3.51. The number of carbonyl (C=O) groups is 1. The fourth-order valence-electron chi connectivity index (χ4n) is 4.80. The van der Waals surface area contributed by atoms with Gasteiger partial charge in [0.05, 0.1) is 27.0 Å². The SMILES string of the molecule is COc1ccc(-c2csc(N(Cc3ccc(C(=O)N4CCNCC4)cc3)Cc3cccc(OC)c3OC)n2)cc1. The Morgan fingerprint density at radius 1 is 0.925 bits per heavy atom. The first-order valence-electron chi connectivity index (χ1n) is 13.2. The van der Waals surface area contributed by atoms with Gasteiger partial charge in [-0.15, -0.1) is 11.3 Å². The number of benzene rings is 3. The van der Waals surface area contributed by atoms with E-state index in [1.54, 1.807) is 32.7 Å². The number of thiazole rings is 1. The summed E-state index contributed by atoms with van der Waals surface area (Å²) in [5, 5.41) is 6.25. The molecule has 0 aliphatic carbocycles. The van der Waals surface area contributed by atoms with E-state index in [2.05, 4.69) is 15.6 Å². The number of hydrogen-bond acceptors (Lipinski definition) is 8. The Bertz CT molecular complexity index is 1420. The maximum atomic E-state index is 13.0. The van der Waals surface area contributed by atoms with Crippen LogP contribution in [-0.4, -0.2) is 63.3 Å². The normalized spacial score (nSPS) is 13.1. The number of rotatable bonds is 10. The smallest absolute Gasteiger partial charge is 0.253 e. The Hall–Kier alpha value is -4.08. The maximum absolute atomic E-state index is 13.0. The zero-order chi connectivity index (χ0) is 27.9. The summed E-state index contributed by atoms with van der Waals surface area (Å²) in [7, 11) is 4.96. The summed E-state index contributed by atoms with van der Waals surface area (Å²) in [6.07, 6.45) is 0. The van der Waals surface area contributed by atoms with Crippen LogP contribution >= 0.6 is 11.3 Å². The third kappa shape index (κ3) is 6.21. The number of para-hydroxylation sites is 1. The summed E-state index contributed by atoms with van der Waals surface area (Å²) in [6.45, 7) is 4.31. The van der Waals surface area contributed by atoms with Crippen molar-refractivity contribution >= 4 is 22.4 Å². The van der Waals surface area contributed by atoms with Gasteiger partial charge in [-0.3, -0.25) is 4.79 Å². The molecule has 1 saturated heterocycles. The number of nitrogens with zero attached hydrogens (tertiary/aromatic N) is 3. The second kappa shape index (κ2) is 12.8. The Morgan fingerprint density at radius 3 is 2.35 bits per heavy atom. The largest absolute Gasteiger partial charge is 0.497 e. The van der Waals surface area contributed by atoms with Crippen LogP contribution < -0.4 is 24.4 Å². The van der Waals surface area contributed by atoms with Gasteiger partial charge in [-0.25, -0.2) is 4.98 Å². The van der Waals surface area contributed by atoms with Crippen molar-refractivity contribution in [3.63, 3.8) is 0 Å². The minimum Gasteiger partial charge on any atom is -0.497 e. The number of amides is 1. The lowest BCUT2D eigenvalue weighted by Gasteiger charge is -2.27. The fraction of sp³-hybridized carbons (Fsp3) is 0.290. The van der Waals surface area contributed by atoms with Crippen LogP contribution in [0.4, 0.5) is 5.13 Å². The van der Waals surface area contributed by atoms with E-state index >= 15 is 0 Å². The van der Waals surface area contributed by atoms with Crippen LogP contribution in [-0.2, 0) is 13.1 Å². The molecule has 40 heavy (non-hydrogen) atoms. The van der Waals surface area contributed by atoms with Gasteiger partial charge in [0.15, 0.2) is 16.6 Å². The van der Waals surface area contributed by atoms with Crippen LogP contribution in [0.2, 0.25) is 0 Å². The lowest BCUT2D eigenvalue weighted by molar-refractivity contribution is 0.0736. The van der Waals surface area contributed by atoms with Gasteiger partial charge in [-0.1, -0.05) is 24.3 Å². The maximum Gasteiger partial charge on any atom is 0.253 e. The lowest BCUT2D eigenvalue weighted by Crippen LogP contribution is -2.46. The van der Waals surface area contributed by atoms with Crippen LogP contribution in [0, 0.1) is 0 Å². The molecule has 208 valence electrons. The molecular weight excluding hydrogens is 524 g/mol. The molecule has 0 bridgehead atoms. The van der Waals surface area contributed by atoms with Gasteiger partial charge in [0.1, 0.15) is 5.75 Å². The number of ether oxygens (including phenoxy) is 3. The van der Waals surface area contributed by atoms with Crippen LogP contribution in [0.25, 0.3) is 11.3 Å². The first-order chi connectivity index (χ1) is 19.6. The van der Waals surface area contributed by atoms with Crippen molar-refractivity contribution in [2.45, 2.75) is 13.1 Å². The van der Waals surface area contributed by atoms with E-state index in [0.29, 0.717) is 30.2 Å². The van der Waals surface area contributed by atoms with Gasteiger partial charge in [0.2, 0.25) is 0 Å². The first-order valence-corrected chi connectivity index (χ1v) is 14.1. The Labute approximate surface area is 239 Å². The third-order valence-corrected chi connectivity index (χ3v) is 7.87. The molecule has 1 fully saturated rings. The number of aromatic nitrogens is 1. The number of hydrogen-bond donors (Lipinski definition) is 1. The zero-order valence-electron chi connectivity index (χ0n) is 23.1. The van der Waals surface area contributed by atoms with Crippen LogP contribution in [0.1, 0.15) is 21.5 Å². The summed E-state index contributed by atoms with van der Waals surface area (Å²) in [6, 6.07) is 21.7. The summed E-state index contributed by atoms with van der Waals surface area (Å²) in [4.78, 5) is 22.1. The van der Waals surface area contributed by atoms with Gasteiger partial charge in [-0.05, 0) is 48.0 Å². The highest BCUT2D eigenvalue weighted by molar-refractivity contribution is 7.14. The highest BCUT2D eigenvalue weighted by Gasteiger charge is 2.20. The number of anilines is 1. The van der Waals surface area contributed by atoms with E-state index in [4.69, 9.17) is 19.2 Å². The lowest BCUT2D eigenvalue weighted by atomic mass is 10.1. The minimum absolute atomic E-state index is 0.0788. The van der Waals surface area contributed by atoms with Gasteiger partial charge in [0.25, 0.3) is 5.91 Å². The van der Waals surface area contributed by atoms with Gasteiger partial charge >= 0.3 is 0 Å². The summed E-state index contributed by atoms with van der Waals surface area (Å²) < 4.78 is 16.6.